The van der Waals surface area contributed by atoms with Gasteiger partial charge in [-0.2, -0.15) is 0 Å². The Kier molecular flexibility index (Phi) is 5.38. The van der Waals surface area contributed by atoms with Gasteiger partial charge in [-0.05, 0) is 30.0 Å². The molecule has 110 valence electrons. The Morgan fingerprint density at radius 1 is 0.952 bits per heavy atom. The van der Waals surface area contributed by atoms with Gasteiger partial charge in [0.1, 0.15) is 0 Å². The fourth-order valence-electron chi connectivity index (χ4n) is 2.92. The van der Waals surface area contributed by atoms with E-state index >= 15 is 0 Å². The number of unbranched alkanes of at least 4 members (excludes halogenated alkanes) is 1. The Labute approximate surface area is 129 Å². The van der Waals surface area contributed by atoms with Gasteiger partial charge in [-0.25, -0.2) is 0 Å². The summed E-state index contributed by atoms with van der Waals surface area (Å²) < 4.78 is 0. The average Bonchev–Trinajstić information content (AvgIpc) is 2.54. The first kappa shape index (κ1) is 15.6. The molecule has 2 rings (SSSR count). The van der Waals surface area contributed by atoms with E-state index in [4.69, 9.17) is 0 Å². The van der Waals surface area contributed by atoms with Crippen molar-refractivity contribution in [2.24, 2.45) is 0 Å². The van der Waals surface area contributed by atoms with Crippen molar-refractivity contribution in [1.29, 1.82) is 0 Å². The van der Waals surface area contributed by atoms with Crippen molar-refractivity contribution in [3.8, 4) is 0 Å². The van der Waals surface area contributed by atoms with Crippen LogP contribution >= 0.6 is 0 Å². The first-order chi connectivity index (χ1) is 10.2. The predicted octanol–water partition coefficient (Wildman–Crippen LogP) is 6.24. The number of benzene rings is 2. The molecule has 0 bridgehead atoms. The third-order valence-electron chi connectivity index (χ3n) is 4.25. The van der Waals surface area contributed by atoms with E-state index in [1.807, 2.05) is 0 Å². The van der Waals surface area contributed by atoms with Gasteiger partial charge in [0, 0.05) is 5.41 Å². The SMILES string of the molecule is CCCCC(C)(C=C(C)c1ccccc1)c1ccccc1. The third-order valence-corrected chi connectivity index (χ3v) is 4.25. The lowest BCUT2D eigenvalue weighted by Crippen LogP contribution is -2.19. The molecule has 0 heteroatoms. The summed E-state index contributed by atoms with van der Waals surface area (Å²) in [5.41, 5.74) is 4.19. The summed E-state index contributed by atoms with van der Waals surface area (Å²) in [6.45, 7) is 6.85. The van der Waals surface area contributed by atoms with Crippen molar-refractivity contribution >= 4 is 5.57 Å². The zero-order chi connectivity index (χ0) is 15.1. The predicted molar refractivity (Wildman–Crippen MR) is 93.4 cm³/mol. The number of allylic oxidation sites excluding steroid dienone is 2. The second-order valence-corrected chi connectivity index (χ2v) is 6.08. The van der Waals surface area contributed by atoms with Crippen molar-refractivity contribution in [1.82, 2.24) is 0 Å². The van der Waals surface area contributed by atoms with Crippen LogP contribution in [0.5, 0.6) is 0 Å². The normalized spacial score (nSPS) is 14.7. The highest BCUT2D eigenvalue weighted by Crippen LogP contribution is 2.34. The minimum atomic E-state index is 0.108. The van der Waals surface area contributed by atoms with E-state index in [2.05, 4.69) is 87.5 Å². The minimum Gasteiger partial charge on any atom is -0.0707 e. The van der Waals surface area contributed by atoms with Crippen LogP contribution in [0.3, 0.4) is 0 Å². The molecule has 2 aromatic carbocycles. The summed E-state index contributed by atoms with van der Waals surface area (Å²) >= 11 is 0. The molecule has 0 fully saturated rings. The lowest BCUT2D eigenvalue weighted by molar-refractivity contribution is 0.511. The summed E-state index contributed by atoms with van der Waals surface area (Å²) in [4.78, 5) is 0. The van der Waals surface area contributed by atoms with E-state index in [0.29, 0.717) is 0 Å². The topological polar surface area (TPSA) is 0 Å². The lowest BCUT2D eigenvalue weighted by atomic mass is 9.76. The van der Waals surface area contributed by atoms with Crippen LogP contribution in [0.25, 0.3) is 5.57 Å². The van der Waals surface area contributed by atoms with Crippen molar-refractivity contribution in [2.75, 3.05) is 0 Å². The van der Waals surface area contributed by atoms with Gasteiger partial charge in [-0.3, -0.25) is 0 Å². The number of rotatable bonds is 6. The van der Waals surface area contributed by atoms with Crippen LogP contribution in [0, 0.1) is 0 Å². The highest BCUT2D eigenvalue weighted by molar-refractivity contribution is 5.65. The molecule has 0 aliphatic rings. The molecule has 0 aromatic heterocycles. The molecule has 0 heterocycles. The second kappa shape index (κ2) is 7.26. The van der Waals surface area contributed by atoms with Crippen LogP contribution in [0.1, 0.15) is 51.2 Å². The molecule has 0 aliphatic carbocycles. The van der Waals surface area contributed by atoms with Gasteiger partial charge in [0.05, 0.1) is 0 Å². The van der Waals surface area contributed by atoms with Gasteiger partial charge in [0.2, 0.25) is 0 Å². The molecule has 0 radical (unpaired) electrons. The van der Waals surface area contributed by atoms with Crippen molar-refractivity contribution in [2.45, 2.75) is 45.4 Å². The fourth-order valence-corrected chi connectivity index (χ4v) is 2.92. The van der Waals surface area contributed by atoms with Crippen LogP contribution in [-0.2, 0) is 5.41 Å². The van der Waals surface area contributed by atoms with Crippen molar-refractivity contribution in [3.05, 3.63) is 77.9 Å². The molecular formula is C21H26. The van der Waals surface area contributed by atoms with E-state index in [9.17, 15) is 0 Å². The number of hydrogen-bond acceptors (Lipinski definition) is 0. The van der Waals surface area contributed by atoms with E-state index in [1.54, 1.807) is 0 Å². The van der Waals surface area contributed by atoms with Crippen molar-refractivity contribution in [3.63, 3.8) is 0 Å². The maximum absolute atomic E-state index is 2.45. The van der Waals surface area contributed by atoms with Crippen molar-refractivity contribution < 1.29 is 0 Å². The molecule has 1 atom stereocenters. The molecule has 1 unspecified atom stereocenters. The van der Waals surface area contributed by atoms with Gasteiger partial charge in [-0.15, -0.1) is 0 Å². The second-order valence-electron chi connectivity index (χ2n) is 6.08. The average molecular weight is 278 g/mol. The Bertz CT molecular complexity index is 566. The summed E-state index contributed by atoms with van der Waals surface area (Å²) in [5.74, 6) is 0. The fraction of sp³-hybridized carbons (Fsp3) is 0.333. The number of hydrogen-bond donors (Lipinski definition) is 0. The van der Waals surface area contributed by atoms with Crippen LogP contribution in [0.4, 0.5) is 0 Å². The molecule has 0 nitrogen and oxygen atoms in total. The Morgan fingerprint density at radius 3 is 2.10 bits per heavy atom. The van der Waals surface area contributed by atoms with E-state index < -0.39 is 0 Å². The summed E-state index contributed by atoms with van der Waals surface area (Å²) in [7, 11) is 0. The van der Waals surface area contributed by atoms with Gasteiger partial charge in [0.15, 0.2) is 0 Å². The molecule has 0 spiro atoms. The minimum absolute atomic E-state index is 0.108. The van der Waals surface area contributed by atoms with E-state index in [1.165, 1.54) is 36.0 Å². The molecule has 0 saturated carbocycles. The molecule has 0 amide bonds. The van der Waals surface area contributed by atoms with Crippen LogP contribution in [-0.4, -0.2) is 0 Å². The molecule has 2 aromatic rings. The maximum atomic E-state index is 2.45. The molecule has 0 saturated heterocycles. The van der Waals surface area contributed by atoms with Crippen LogP contribution < -0.4 is 0 Å². The molecule has 0 aliphatic heterocycles. The highest BCUT2D eigenvalue weighted by atomic mass is 14.3. The summed E-state index contributed by atoms with van der Waals surface area (Å²) in [6, 6.07) is 21.6. The molecule has 0 N–H and O–H groups in total. The van der Waals surface area contributed by atoms with Crippen LogP contribution in [0.15, 0.2) is 66.7 Å². The third kappa shape index (κ3) is 4.07. The standard InChI is InChI=1S/C21H26/c1-4-5-16-21(3,20-14-10-7-11-15-20)17-18(2)19-12-8-6-9-13-19/h6-15,17H,4-5,16H2,1-3H3. The zero-order valence-corrected chi connectivity index (χ0v) is 13.5. The van der Waals surface area contributed by atoms with Gasteiger partial charge in [-0.1, -0.05) is 93.4 Å². The first-order valence-corrected chi connectivity index (χ1v) is 7.96. The Morgan fingerprint density at radius 2 is 1.52 bits per heavy atom. The maximum Gasteiger partial charge on any atom is 0.0109 e. The smallest absolute Gasteiger partial charge is 0.0109 e. The van der Waals surface area contributed by atoms with Gasteiger partial charge >= 0.3 is 0 Å². The largest absolute Gasteiger partial charge is 0.0707 e. The Hall–Kier alpha value is -1.82. The zero-order valence-electron chi connectivity index (χ0n) is 13.5. The quantitative estimate of drug-likeness (QED) is 0.587. The van der Waals surface area contributed by atoms with Gasteiger partial charge < -0.3 is 0 Å². The van der Waals surface area contributed by atoms with E-state index in [-0.39, 0.29) is 5.41 Å². The highest BCUT2D eigenvalue weighted by Gasteiger charge is 2.23. The molecular weight excluding hydrogens is 252 g/mol. The van der Waals surface area contributed by atoms with Gasteiger partial charge in [0.25, 0.3) is 0 Å². The van der Waals surface area contributed by atoms with Crippen LogP contribution in [0.2, 0.25) is 0 Å². The first-order valence-electron chi connectivity index (χ1n) is 7.96. The molecule has 21 heavy (non-hydrogen) atoms. The Balaban J connectivity index is 2.36. The summed E-state index contributed by atoms with van der Waals surface area (Å²) in [5, 5.41) is 0. The van der Waals surface area contributed by atoms with E-state index in [0.717, 1.165) is 0 Å². The monoisotopic (exact) mass is 278 g/mol. The summed E-state index contributed by atoms with van der Waals surface area (Å²) in [6.07, 6.45) is 6.13. The lowest BCUT2D eigenvalue weighted by Gasteiger charge is -2.28.